The lowest BCUT2D eigenvalue weighted by Crippen LogP contribution is -1.81. The first-order valence-electron chi connectivity index (χ1n) is 4.61. The molecule has 3 heteroatoms. The zero-order valence-corrected chi connectivity index (χ0v) is 8.58. The van der Waals surface area contributed by atoms with Crippen molar-refractivity contribution in [3.05, 3.63) is 41.4 Å². The largest absolute Gasteiger partial charge is 0.456 e. The van der Waals surface area contributed by atoms with E-state index >= 15 is 0 Å². The second-order valence-corrected chi connectivity index (χ2v) is 3.93. The van der Waals surface area contributed by atoms with Crippen molar-refractivity contribution in [3.63, 3.8) is 0 Å². The average Bonchev–Trinajstić information content (AvgIpc) is 2.54. The van der Waals surface area contributed by atoms with Crippen molar-refractivity contribution in [1.82, 2.24) is 0 Å². The molecule has 74 valence electrons. The number of fused-ring (bicyclic) bond motifs is 3. The molecule has 0 aliphatic rings. The van der Waals surface area contributed by atoms with E-state index in [9.17, 15) is 0 Å². The molecule has 2 N–H and O–H groups in total. The van der Waals surface area contributed by atoms with E-state index in [0.717, 1.165) is 27.6 Å². The van der Waals surface area contributed by atoms with Gasteiger partial charge in [-0.15, -0.1) is 0 Å². The van der Waals surface area contributed by atoms with Gasteiger partial charge in [0.2, 0.25) is 0 Å². The molecule has 0 saturated heterocycles. The van der Waals surface area contributed by atoms with Crippen molar-refractivity contribution in [2.24, 2.45) is 0 Å². The molecule has 0 radical (unpaired) electrons. The highest BCUT2D eigenvalue weighted by atomic mass is 35.5. The molecule has 3 aromatic rings. The van der Waals surface area contributed by atoms with Gasteiger partial charge < -0.3 is 10.2 Å². The van der Waals surface area contributed by atoms with Gasteiger partial charge in [0.1, 0.15) is 11.2 Å². The lowest BCUT2D eigenvalue weighted by molar-refractivity contribution is 0.669. The smallest absolute Gasteiger partial charge is 0.136 e. The Balaban J connectivity index is 2.53. The fourth-order valence-corrected chi connectivity index (χ4v) is 1.93. The molecule has 2 nitrogen and oxygen atoms in total. The van der Waals surface area contributed by atoms with Crippen LogP contribution in [-0.4, -0.2) is 0 Å². The first kappa shape index (κ1) is 8.62. The minimum absolute atomic E-state index is 0.675. The summed E-state index contributed by atoms with van der Waals surface area (Å²) < 4.78 is 5.65. The Kier molecular flexibility index (Phi) is 1.67. The molecule has 3 rings (SSSR count). The number of halogens is 1. The highest BCUT2D eigenvalue weighted by molar-refractivity contribution is 6.31. The third-order valence-electron chi connectivity index (χ3n) is 2.46. The van der Waals surface area contributed by atoms with E-state index in [1.165, 1.54) is 0 Å². The molecule has 0 fully saturated rings. The molecule has 1 aromatic heterocycles. The number of hydrogen-bond donors (Lipinski definition) is 1. The minimum atomic E-state index is 0.675. The van der Waals surface area contributed by atoms with Crippen LogP contribution in [0.2, 0.25) is 5.02 Å². The summed E-state index contributed by atoms with van der Waals surface area (Å²) in [7, 11) is 0. The predicted octanol–water partition coefficient (Wildman–Crippen LogP) is 3.82. The predicted molar refractivity (Wildman–Crippen MR) is 63.1 cm³/mol. The third-order valence-corrected chi connectivity index (χ3v) is 2.69. The summed E-state index contributed by atoms with van der Waals surface area (Å²) in [5.41, 5.74) is 8.10. The van der Waals surface area contributed by atoms with Crippen molar-refractivity contribution in [2.45, 2.75) is 0 Å². The standard InChI is InChI=1S/C12H8ClNO/c13-7-1-3-9-10-6-8(14)2-4-11(10)15-12(9)5-7/h1-6H,14H2. The first-order valence-corrected chi connectivity index (χ1v) is 4.99. The van der Waals surface area contributed by atoms with E-state index in [-0.39, 0.29) is 0 Å². The van der Waals surface area contributed by atoms with E-state index < -0.39 is 0 Å². The molecule has 0 unspecified atom stereocenters. The average molecular weight is 218 g/mol. The van der Waals surface area contributed by atoms with Crippen LogP contribution < -0.4 is 5.73 Å². The zero-order chi connectivity index (χ0) is 10.4. The van der Waals surface area contributed by atoms with Crippen LogP contribution in [-0.2, 0) is 0 Å². The van der Waals surface area contributed by atoms with Gasteiger partial charge in [0.05, 0.1) is 0 Å². The van der Waals surface area contributed by atoms with Crippen LogP contribution >= 0.6 is 11.6 Å². The zero-order valence-electron chi connectivity index (χ0n) is 7.83. The topological polar surface area (TPSA) is 39.2 Å². The Bertz CT molecular complexity index is 657. The Morgan fingerprint density at radius 1 is 0.933 bits per heavy atom. The number of anilines is 1. The van der Waals surface area contributed by atoms with Gasteiger partial charge in [-0.25, -0.2) is 0 Å². The lowest BCUT2D eigenvalue weighted by atomic mass is 10.1. The van der Waals surface area contributed by atoms with Gasteiger partial charge in [-0.3, -0.25) is 0 Å². The molecule has 0 aliphatic heterocycles. The molecule has 0 atom stereocenters. The number of hydrogen-bond acceptors (Lipinski definition) is 2. The molecular weight excluding hydrogens is 210 g/mol. The van der Waals surface area contributed by atoms with Gasteiger partial charge in [0.25, 0.3) is 0 Å². The Hall–Kier alpha value is -1.67. The maximum atomic E-state index is 5.89. The molecular formula is C12H8ClNO. The molecule has 0 bridgehead atoms. The summed E-state index contributed by atoms with van der Waals surface area (Å²) in [6, 6.07) is 11.2. The number of nitrogen functional groups attached to an aromatic ring is 1. The summed E-state index contributed by atoms with van der Waals surface area (Å²) in [6.45, 7) is 0. The van der Waals surface area contributed by atoms with Gasteiger partial charge in [0.15, 0.2) is 0 Å². The SMILES string of the molecule is Nc1ccc2oc3cc(Cl)ccc3c2c1. The Labute approximate surface area is 91.2 Å². The van der Waals surface area contributed by atoms with Crippen LogP contribution in [0.1, 0.15) is 0 Å². The number of benzene rings is 2. The Morgan fingerprint density at radius 3 is 2.67 bits per heavy atom. The summed E-state index contributed by atoms with van der Waals surface area (Å²) in [5, 5.41) is 2.75. The molecule has 1 heterocycles. The number of furan rings is 1. The second-order valence-electron chi connectivity index (χ2n) is 3.50. The van der Waals surface area contributed by atoms with E-state index in [0.29, 0.717) is 5.02 Å². The molecule has 0 saturated carbocycles. The molecule has 0 amide bonds. The summed E-state index contributed by atoms with van der Waals surface area (Å²) in [6.07, 6.45) is 0. The van der Waals surface area contributed by atoms with Crippen LogP contribution in [0.3, 0.4) is 0 Å². The number of nitrogens with two attached hydrogens (primary N) is 1. The molecule has 0 aliphatic carbocycles. The highest BCUT2D eigenvalue weighted by Gasteiger charge is 2.06. The van der Waals surface area contributed by atoms with Crippen molar-refractivity contribution in [2.75, 3.05) is 5.73 Å². The van der Waals surface area contributed by atoms with E-state index in [1.54, 1.807) is 0 Å². The maximum Gasteiger partial charge on any atom is 0.136 e. The van der Waals surface area contributed by atoms with Crippen molar-refractivity contribution in [3.8, 4) is 0 Å². The fraction of sp³-hybridized carbons (Fsp3) is 0. The van der Waals surface area contributed by atoms with Gasteiger partial charge >= 0.3 is 0 Å². The lowest BCUT2D eigenvalue weighted by Gasteiger charge is -1.91. The fourth-order valence-electron chi connectivity index (χ4n) is 1.77. The van der Waals surface area contributed by atoms with Gasteiger partial charge in [-0.1, -0.05) is 11.6 Å². The monoisotopic (exact) mass is 217 g/mol. The van der Waals surface area contributed by atoms with Gasteiger partial charge in [-0.2, -0.15) is 0 Å². The quantitative estimate of drug-likeness (QED) is 0.582. The van der Waals surface area contributed by atoms with Crippen LogP contribution in [0.25, 0.3) is 21.9 Å². The summed E-state index contributed by atoms with van der Waals surface area (Å²) >= 11 is 5.89. The van der Waals surface area contributed by atoms with Gasteiger partial charge in [-0.05, 0) is 30.3 Å². The first-order chi connectivity index (χ1) is 7.24. The van der Waals surface area contributed by atoms with E-state index in [4.69, 9.17) is 21.8 Å². The summed E-state index contributed by atoms with van der Waals surface area (Å²) in [4.78, 5) is 0. The van der Waals surface area contributed by atoms with Crippen LogP contribution in [0, 0.1) is 0 Å². The Morgan fingerprint density at radius 2 is 1.80 bits per heavy atom. The molecule has 2 aromatic carbocycles. The minimum Gasteiger partial charge on any atom is -0.456 e. The number of rotatable bonds is 0. The summed E-state index contributed by atoms with van der Waals surface area (Å²) in [5.74, 6) is 0. The van der Waals surface area contributed by atoms with Crippen molar-refractivity contribution < 1.29 is 4.42 Å². The highest BCUT2D eigenvalue weighted by Crippen LogP contribution is 2.31. The normalized spacial score (nSPS) is 11.3. The van der Waals surface area contributed by atoms with Gasteiger partial charge in [0, 0.05) is 27.5 Å². The van der Waals surface area contributed by atoms with Crippen LogP contribution in [0.5, 0.6) is 0 Å². The van der Waals surface area contributed by atoms with Crippen molar-refractivity contribution >= 4 is 39.2 Å². The van der Waals surface area contributed by atoms with Crippen LogP contribution in [0.15, 0.2) is 40.8 Å². The molecule has 15 heavy (non-hydrogen) atoms. The van der Waals surface area contributed by atoms with E-state index in [2.05, 4.69) is 0 Å². The van der Waals surface area contributed by atoms with Crippen LogP contribution in [0.4, 0.5) is 5.69 Å². The third kappa shape index (κ3) is 1.26. The second kappa shape index (κ2) is 2.91. The van der Waals surface area contributed by atoms with E-state index in [1.807, 2.05) is 36.4 Å². The molecule has 0 spiro atoms. The van der Waals surface area contributed by atoms with Crippen molar-refractivity contribution in [1.29, 1.82) is 0 Å². The maximum absolute atomic E-state index is 5.89.